The molecule has 0 unspecified atom stereocenters. The average Bonchev–Trinajstić information content (AvgIpc) is 2.96. The monoisotopic (exact) mass is 563 g/mol. The average molecular weight is 564 g/mol. The Labute approximate surface area is 236 Å². The molecular formula is C29H27Cl2N5O3. The van der Waals surface area contributed by atoms with E-state index in [2.05, 4.69) is 26.7 Å². The quantitative estimate of drug-likeness (QED) is 0.222. The lowest BCUT2D eigenvalue weighted by Crippen LogP contribution is -2.30. The van der Waals surface area contributed by atoms with E-state index in [0.29, 0.717) is 73.5 Å². The third-order valence-electron chi connectivity index (χ3n) is 6.57. The smallest absolute Gasteiger partial charge is 0.163 e. The zero-order chi connectivity index (χ0) is 27.2. The molecule has 0 atom stereocenters. The molecule has 0 bridgehead atoms. The Morgan fingerprint density at radius 1 is 1.08 bits per heavy atom. The molecule has 39 heavy (non-hydrogen) atoms. The molecule has 200 valence electrons. The fourth-order valence-electron chi connectivity index (χ4n) is 4.46. The largest absolute Gasteiger partial charge is 0.493 e. The number of ether oxygens (including phenoxy) is 3. The number of pyridine rings is 2. The summed E-state index contributed by atoms with van der Waals surface area (Å²) in [5.41, 5.74) is 2.93. The molecule has 10 heteroatoms. The van der Waals surface area contributed by atoms with Crippen LogP contribution in [0.25, 0.3) is 10.9 Å². The van der Waals surface area contributed by atoms with E-state index >= 15 is 0 Å². The number of halogens is 2. The number of aromatic nitrogens is 2. The summed E-state index contributed by atoms with van der Waals surface area (Å²) in [7, 11) is 1.60. The van der Waals surface area contributed by atoms with Crippen molar-refractivity contribution < 1.29 is 14.2 Å². The van der Waals surface area contributed by atoms with Gasteiger partial charge in [-0.05, 0) is 62.2 Å². The van der Waals surface area contributed by atoms with Gasteiger partial charge in [-0.15, -0.1) is 0 Å². The van der Waals surface area contributed by atoms with Crippen LogP contribution in [0.15, 0.2) is 54.7 Å². The number of piperidine rings is 1. The molecule has 3 heterocycles. The molecule has 0 amide bonds. The first-order chi connectivity index (χ1) is 19.0. The lowest BCUT2D eigenvalue weighted by atomic mass is 9.99. The van der Waals surface area contributed by atoms with Gasteiger partial charge in [0, 0.05) is 23.7 Å². The summed E-state index contributed by atoms with van der Waals surface area (Å²) >= 11 is 12.6. The van der Waals surface area contributed by atoms with Crippen molar-refractivity contribution in [3.8, 4) is 23.3 Å². The molecule has 1 aliphatic rings. The summed E-state index contributed by atoms with van der Waals surface area (Å²) in [5.74, 6) is 2.26. The van der Waals surface area contributed by atoms with E-state index in [4.69, 9.17) is 37.4 Å². The number of nitrogens with one attached hydrogen (secondary N) is 2. The molecular weight excluding hydrogens is 537 g/mol. The minimum absolute atomic E-state index is 0.249. The van der Waals surface area contributed by atoms with Crippen molar-refractivity contribution in [2.45, 2.75) is 19.4 Å². The summed E-state index contributed by atoms with van der Waals surface area (Å²) in [6.45, 7) is 2.87. The SMILES string of the molecule is COc1cc2c(Nc3ccc(OCc4cccc(Cl)n4)cc3Cl)c(C#N)cnc2cc1OCC1CCNCC1. The number of hydrogen-bond donors (Lipinski definition) is 2. The first kappa shape index (κ1) is 26.8. The summed E-state index contributed by atoms with van der Waals surface area (Å²) in [5, 5.41) is 18.0. The Hall–Kier alpha value is -3.77. The number of fused-ring (bicyclic) bond motifs is 1. The van der Waals surface area contributed by atoms with E-state index in [0.717, 1.165) is 25.9 Å². The van der Waals surface area contributed by atoms with Crippen LogP contribution in [0.5, 0.6) is 17.2 Å². The van der Waals surface area contributed by atoms with Crippen LogP contribution in [0.1, 0.15) is 24.1 Å². The van der Waals surface area contributed by atoms with E-state index in [1.54, 1.807) is 31.4 Å². The van der Waals surface area contributed by atoms with Gasteiger partial charge in [0.05, 0.1) is 46.9 Å². The van der Waals surface area contributed by atoms with Gasteiger partial charge in [-0.1, -0.05) is 29.3 Å². The van der Waals surface area contributed by atoms with Gasteiger partial charge in [0.15, 0.2) is 11.5 Å². The molecule has 1 aliphatic heterocycles. The highest BCUT2D eigenvalue weighted by atomic mass is 35.5. The third kappa shape index (κ3) is 6.45. The normalized spacial score (nSPS) is 13.6. The summed E-state index contributed by atoms with van der Waals surface area (Å²) < 4.78 is 17.6. The Balaban J connectivity index is 1.38. The maximum atomic E-state index is 9.82. The first-order valence-corrected chi connectivity index (χ1v) is 13.3. The van der Waals surface area contributed by atoms with E-state index in [1.165, 1.54) is 6.20 Å². The fourth-order valence-corrected chi connectivity index (χ4v) is 4.86. The summed E-state index contributed by atoms with van der Waals surface area (Å²) in [4.78, 5) is 8.73. The molecule has 1 saturated heterocycles. The molecule has 1 fully saturated rings. The van der Waals surface area contributed by atoms with Crippen molar-refractivity contribution in [1.29, 1.82) is 5.26 Å². The Kier molecular flexibility index (Phi) is 8.52. The van der Waals surface area contributed by atoms with Gasteiger partial charge >= 0.3 is 0 Å². The maximum Gasteiger partial charge on any atom is 0.163 e. The van der Waals surface area contributed by atoms with Crippen LogP contribution in [-0.2, 0) is 6.61 Å². The zero-order valence-electron chi connectivity index (χ0n) is 21.3. The van der Waals surface area contributed by atoms with Crippen molar-refractivity contribution in [3.05, 3.63) is 76.2 Å². The third-order valence-corrected chi connectivity index (χ3v) is 7.09. The van der Waals surface area contributed by atoms with Gasteiger partial charge in [0.2, 0.25) is 0 Å². The highest BCUT2D eigenvalue weighted by Gasteiger charge is 2.18. The lowest BCUT2D eigenvalue weighted by molar-refractivity contribution is 0.208. The van der Waals surface area contributed by atoms with Crippen LogP contribution in [0.4, 0.5) is 11.4 Å². The first-order valence-electron chi connectivity index (χ1n) is 12.6. The molecule has 2 N–H and O–H groups in total. The molecule has 0 spiro atoms. The van der Waals surface area contributed by atoms with E-state index < -0.39 is 0 Å². The van der Waals surface area contributed by atoms with Gasteiger partial charge in [0.25, 0.3) is 0 Å². The van der Waals surface area contributed by atoms with Crippen molar-refractivity contribution >= 4 is 45.5 Å². The molecule has 0 aliphatic carbocycles. The van der Waals surface area contributed by atoms with Crippen molar-refractivity contribution in [3.63, 3.8) is 0 Å². The number of rotatable bonds is 9. The Morgan fingerprint density at radius 3 is 2.67 bits per heavy atom. The molecule has 8 nitrogen and oxygen atoms in total. The topological polar surface area (TPSA) is 101 Å². The van der Waals surface area contributed by atoms with Gasteiger partial charge in [-0.2, -0.15) is 5.26 Å². The predicted octanol–water partition coefficient (Wildman–Crippen LogP) is 6.52. The van der Waals surface area contributed by atoms with E-state index in [1.807, 2.05) is 24.3 Å². The molecule has 4 aromatic rings. The van der Waals surface area contributed by atoms with Crippen molar-refractivity contribution in [2.75, 3.05) is 32.1 Å². The highest BCUT2D eigenvalue weighted by Crippen LogP contribution is 2.39. The number of nitriles is 1. The highest BCUT2D eigenvalue weighted by molar-refractivity contribution is 6.33. The summed E-state index contributed by atoms with van der Waals surface area (Å²) in [6.07, 6.45) is 3.70. The van der Waals surface area contributed by atoms with E-state index in [9.17, 15) is 5.26 Å². The number of anilines is 2. The second kappa shape index (κ2) is 12.4. The van der Waals surface area contributed by atoms with Gasteiger partial charge in [0.1, 0.15) is 23.6 Å². The second-order valence-corrected chi connectivity index (χ2v) is 9.98. The van der Waals surface area contributed by atoms with Crippen LogP contribution in [-0.4, -0.2) is 36.8 Å². The van der Waals surface area contributed by atoms with Gasteiger partial charge in [-0.3, -0.25) is 4.98 Å². The molecule has 5 rings (SSSR count). The van der Waals surface area contributed by atoms with Crippen LogP contribution < -0.4 is 24.8 Å². The van der Waals surface area contributed by atoms with Crippen molar-refractivity contribution in [2.24, 2.45) is 5.92 Å². The zero-order valence-corrected chi connectivity index (χ0v) is 22.9. The number of benzene rings is 2. The molecule has 2 aromatic heterocycles. The predicted molar refractivity (Wildman–Crippen MR) is 152 cm³/mol. The molecule has 0 radical (unpaired) electrons. The molecule has 2 aromatic carbocycles. The standard InChI is InChI=1S/C29H27Cl2N5O3/c1-37-26-12-22-25(13-27(26)39-16-18-7-9-33-10-8-18)34-15-19(14-32)29(22)36-24-6-5-21(11-23(24)30)38-17-20-3-2-4-28(31)35-20/h2-6,11-13,15,18,33H,7-10,16-17H2,1H3,(H,34,36). The minimum atomic E-state index is 0.249. The van der Waals surface area contributed by atoms with Gasteiger partial charge in [-0.25, -0.2) is 4.98 Å². The minimum Gasteiger partial charge on any atom is -0.493 e. The van der Waals surface area contributed by atoms with Crippen molar-refractivity contribution in [1.82, 2.24) is 15.3 Å². The Morgan fingerprint density at radius 2 is 1.92 bits per heavy atom. The van der Waals surface area contributed by atoms with Crippen LogP contribution >= 0.6 is 23.2 Å². The van der Waals surface area contributed by atoms with Crippen LogP contribution in [0.2, 0.25) is 10.2 Å². The molecule has 0 saturated carbocycles. The number of nitrogens with zero attached hydrogens (tertiary/aromatic N) is 3. The fraction of sp³-hybridized carbons (Fsp3) is 0.276. The van der Waals surface area contributed by atoms with Crippen LogP contribution in [0, 0.1) is 17.2 Å². The van der Waals surface area contributed by atoms with Crippen LogP contribution in [0.3, 0.4) is 0 Å². The lowest BCUT2D eigenvalue weighted by Gasteiger charge is -2.23. The summed E-state index contributed by atoms with van der Waals surface area (Å²) in [6, 6.07) is 16.6. The Bertz CT molecular complexity index is 1520. The number of methoxy groups -OCH3 is 1. The van der Waals surface area contributed by atoms with Gasteiger partial charge < -0.3 is 24.8 Å². The van der Waals surface area contributed by atoms with E-state index in [-0.39, 0.29) is 6.61 Å². The second-order valence-electron chi connectivity index (χ2n) is 9.19. The maximum absolute atomic E-state index is 9.82. The number of hydrogen-bond acceptors (Lipinski definition) is 8.